The minimum atomic E-state index is -1.01. The van der Waals surface area contributed by atoms with Crippen molar-refractivity contribution in [3.8, 4) is 0 Å². The predicted octanol–water partition coefficient (Wildman–Crippen LogP) is 2.05. The summed E-state index contributed by atoms with van der Waals surface area (Å²) >= 11 is 1.96. The van der Waals surface area contributed by atoms with Crippen LogP contribution in [0.4, 0.5) is 0 Å². The minimum Gasteiger partial charge on any atom is -0.478 e. The molecule has 0 atom stereocenters. The van der Waals surface area contributed by atoms with Crippen molar-refractivity contribution in [1.29, 1.82) is 0 Å². The maximum absolute atomic E-state index is 12.0. The highest BCUT2D eigenvalue weighted by atomic mass is 32.2. The Hall–Kier alpha value is -1.82. The lowest BCUT2D eigenvalue weighted by Crippen LogP contribution is -2.31. The quantitative estimate of drug-likeness (QED) is 0.814. The molecular weight excluding hydrogens is 288 g/mol. The molecule has 1 fully saturated rings. The Labute approximate surface area is 127 Å². The summed E-state index contributed by atoms with van der Waals surface area (Å²) in [4.78, 5) is 26.4. The van der Waals surface area contributed by atoms with Crippen molar-refractivity contribution in [3.63, 3.8) is 0 Å². The standard InChI is InChI=1S/C15H18N2O3S/c18-14(19)4-2-11-1-3-13(16-9-11)15(20)17-10-12-5-7-21-8-6-12/h1-4,9,12H,5-8,10H2,(H,17,20)(H,18,19)/b4-2+. The first-order chi connectivity index (χ1) is 10.1. The van der Waals surface area contributed by atoms with Gasteiger partial charge in [0.25, 0.3) is 5.91 Å². The fourth-order valence-electron chi connectivity index (χ4n) is 2.08. The number of hydrogen-bond donors (Lipinski definition) is 2. The van der Waals surface area contributed by atoms with Crippen LogP contribution in [0.2, 0.25) is 0 Å². The molecule has 0 aromatic carbocycles. The molecule has 6 heteroatoms. The molecule has 5 nitrogen and oxygen atoms in total. The van der Waals surface area contributed by atoms with Gasteiger partial charge < -0.3 is 10.4 Å². The number of carbonyl (C=O) groups excluding carboxylic acids is 1. The molecule has 2 N–H and O–H groups in total. The minimum absolute atomic E-state index is 0.179. The zero-order chi connectivity index (χ0) is 15.1. The second-order valence-electron chi connectivity index (χ2n) is 4.91. The van der Waals surface area contributed by atoms with Crippen LogP contribution in [-0.2, 0) is 4.79 Å². The number of amides is 1. The van der Waals surface area contributed by atoms with Crippen molar-refractivity contribution in [2.24, 2.45) is 5.92 Å². The monoisotopic (exact) mass is 306 g/mol. The van der Waals surface area contributed by atoms with Crippen LogP contribution in [0.25, 0.3) is 6.08 Å². The van der Waals surface area contributed by atoms with E-state index >= 15 is 0 Å². The van der Waals surface area contributed by atoms with Crippen LogP contribution in [0.5, 0.6) is 0 Å². The fraction of sp³-hybridized carbons (Fsp3) is 0.400. The number of rotatable bonds is 5. The van der Waals surface area contributed by atoms with Crippen LogP contribution in [0.1, 0.15) is 28.9 Å². The molecule has 21 heavy (non-hydrogen) atoms. The van der Waals surface area contributed by atoms with Gasteiger partial charge in [-0.15, -0.1) is 0 Å². The normalized spacial score (nSPS) is 16.0. The van der Waals surface area contributed by atoms with Gasteiger partial charge in [0, 0.05) is 18.8 Å². The van der Waals surface area contributed by atoms with Crippen molar-refractivity contribution in [2.75, 3.05) is 18.1 Å². The van der Waals surface area contributed by atoms with Gasteiger partial charge >= 0.3 is 5.97 Å². The zero-order valence-corrected chi connectivity index (χ0v) is 12.4. The Bertz CT molecular complexity index is 522. The number of nitrogens with zero attached hydrogens (tertiary/aromatic N) is 1. The summed E-state index contributed by atoms with van der Waals surface area (Å²) in [6.07, 6.45) is 6.27. The average molecular weight is 306 g/mol. The number of carboxylic acid groups (broad SMARTS) is 1. The SMILES string of the molecule is O=C(O)/C=C/c1ccc(C(=O)NCC2CCSCC2)nc1. The lowest BCUT2D eigenvalue weighted by Gasteiger charge is -2.21. The highest BCUT2D eigenvalue weighted by Crippen LogP contribution is 2.21. The van der Waals surface area contributed by atoms with Crippen molar-refractivity contribution in [1.82, 2.24) is 10.3 Å². The largest absolute Gasteiger partial charge is 0.478 e. The molecular formula is C15H18N2O3S. The molecule has 1 aromatic heterocycles. The molecule has 1 amide bonds. The van der Waals surface area contributed by atoms with Crippen LogP contribution in [0.3, 0.4) is 0 Å². The van der Waals surface area contributed by atoms with Gasteiger partial charge in [0.05, 0.1) is 0 Å². The molecule has 2 rings (SSSR count). The number of carbonyl (C=O) groups is 2. The molecule has 1 aliphatic heterocycles. The maximum atomic E-state index is 12.0. The van der Waals surface area contributed by atoms with E-state index in [2.05, 4.69) is 10.3 Å². The van der Waals surface area contributed by atoms with Crippen LogP contribution >= 0.6 is 11.8 Å². The van der Waals surface area contributed by atoms with Gasteiger partial charge in [-0.2, -0.15) is 11.8 Å². The summed E-state index contributed by atoms with van der Waals surface area (Å²) in [5.74, 6) is 1.71. The van der Waals surface area contributed by atoms with Gasteiger partial charge in [-0.1, -0.05) is 6.07 Å². The second kappa shape index (κ2) is 7.83. The third-order valence-corrected chi connectivity index (χ3v) is 4.38. The molecule has 0 spiro atoms. The van der Waals surface area contributed by atoms with E-state index in [-0.39, 0.29) is 5.91 Å². The third kappa shape index (κ3) is 5.23. The summed E-state index contributed by atoms with van der Waals surface area (Å²) in [6, 6.07) is 3.28. The fourth-order valence-corrected chi connectivity index (χ4v) is 3.29. The smallest absolute Gasteiger partial charge is 0.328 e. The maximum Gasteiger partial charge on any atom is 0.328 e. The number of thioether (sulfide) groups is 1. The van der Waals surface area contributed by atoms with Crippen molar-refractivity contribution in [2.45, 2.75) is 12.8 Å². The van der Waals surface area contributed by atoms with E-state index in [0.717, 1.165) is 18.9 Å². The van der Waals surface area contributed by atoms with Gasteiger partial charge in [-0.3, -0.25) is 9.78 Å². The lowest BCUT2D eigenvalue weighted by molar-refractivity contribution is -0.131. The number of aliphatic carboxylic acids is 1. The first-order valence-corrected chi connectivity index (χ1v) is 8.03. The topological polar surface area (TPSA) is 79.3 Å². The molecule has 0 radical (unpaired) electrons. The molecule has 2 heterocycles. The van der Waals surface area contributed by atoms with Crippen molar-refractivity contribution < 1.29 is 14.7 Å². The molecule has 0 saturated carbocycles. The number of nitrogens with one attached hydrogen (secondary N) is 1. The molecule has 0 aliphatic carbocycles. The van der Waals surface area contributed by atoms with Crippen LogP contribution in [0, 0.1) is 5.92 Å². The van der Waals surface area contributed by atoms with Crippen LogP contribution in [-0.4, -0.2) is 40.0 Å². The Kier molecular flexibility index (Phi) is 5.80. The number of pyridine rings is 1. The van der Waals surface area contributed by atoms with E-state index in [1.807, 2.05) is 11.8 Å². The third-order valence-electron chi connectivity index (χ3n) is 3.33. The highest BCUT2D eigenvalue weighted by Gasteiger charge is 2.15. The van der Waals surface area contributed by atoms with E-state index < -0.39 is 5.97 Å². The van der Waals surface area contributed by atoms with Crippen molar-refractivity contribution in [3.05, 3.63) is 35.7 Å². The summed E-state index contributed by atoms with van der Waals surface area (Å²) in [7, 11) is 0. The summed E-state index contributed by atoms with van der Waals surface area (Å²) < 4.78 is 0. The number of hydrogen-bond acceptors (Lipinski definition) is 4. The molecule has 0 bridgehead atoms. The van der Waals surface area contributed by atoms with E-state index in [0.29, 0.717) is 23.7 Å². The van der Waals surface area contributed by atoms with Gasteiger partial charge in [0.15, 0.2) is 0 Å². The van der Waals surface area contributed by atoms with Gasteiger partial charge in [0.2, 0.25) is 0 Å². The first-order valence-electron chi connectivity index (χ1n) is 6.88. The van der Waals surface area contributed by atoms with Gasteiger partial charge in [-0.25, -0.2) is 4.79 Å². The first kappa shape index (κ1) is 15.6. The Balaban J connectivity index is 1.85. The molecule has 1 aromatic rings. The average Bonchev–Trinajstić information content (AvgIpc) is 2.52. The van der Waals surface area contributed by atoms with E-state index in [4.69, 9.17) is 5.11 Å². The van der Waals surface area contributed by atoms with Crippen molar-refractivity contribution >= 4 is 29.7 Å². The lowest BCUT2D eigenvalue weighted by atomic mass is 10.0. The Morgan fingerprint density at radius 1 is 1.38 bits per heavy atom. The predicted molar refractivity (Wildman–Crippen MR) is 83.3 cm³/mol. The molecule has 1 saturated heterocycles. The summed E-state index contributed by atoms with van der Waals surface area (Å²) in [5.41, 5.74) is 1.01. The van der Waals surface area contributed by atoms with Crippen LogP contribution in [0.15, 0.2) is 24.4 Å². The highest BCUT2D eigenvalue weighted by molar-refractivity contribution is 7.99. The summed E-state index contributed by atoms with van der Waals surface area (Å²) in [6.45, 7) is 0.696. The van der Waals surface area contributed by atoms with E-state index in [9.17, 15) is 9.59 Å². The van der Waals surface area contributed by atoms with E-state index in [1.54, 1.807) is 12.1 Å². The summed E-state index contributed by atoms with van der Waals surface area (Å²) in [5, 5.41) is 11.5. The van der Waals surface area contributed by atoms with Gasteiger partial charge in [0.1, 0.15) is 5.69 Å². The van der Waals surface area contributed by atoms with Gasteiger partial charge in [-0.05, 0) is 48.0 Å². The molecule has 1 aliphatic rings. The zero-order valence-electron chi connectivity index (χ0n) is 11.6. The number of carboxylic acids is 1. The Morgan fingerprint density at radius 2 is 2.14 bits per heavy atom. The molecule has 112 valence electrons. The number of aromatic nitrogens is 1. The van der Waals surface area contributed by atoms with E-state index in [1.165, 1.54) is 23.8 Å². The molecule has 0 unspecified atom stereocenters. The van der Waals surface area contributed by atoms with Crippen LogP contribution < -0.4 is 5.32 Å². The Morgan fingerprint density at radius 3 is 2.76 bits per heavy atom. The second-order valence-corrected chi connectivity index (χ2v) is 6.14.